The number of piperidine rings is 1. The number of carbonyl (C=O) groups is 1. The minimum absolute atomic E-state index is 0.184. The maximum absolute atomic E-state index is 15.1. The molecular weight excluding hydrogens is 403 g/mol. The second-order valence-corrected chi connectivity index (χ2v) is 9.17. The number of nitrogens with zero attached hydrogens (tertiary/aromatic N) is 2. The Labute approximate surface area is 188 Å². The number of hydrogen-bond acceptors (Lipinski definition) is 2. The Hall–Kier alpha value is -3.08. The monoisotopic (exact) mass is 432 g/mol. The zero-order valence-electron chi connectivity index (χ0n) is 18.7. The minimum Gasteiger partial charge on any atom is -0.488 e. The first-order chi connectivity index (χ1) is 15.5. The van der Waals surface area contributed by atoms with E-state index in [0.29, 0.717) is 31.1 Å². The van der Waals surface area contributed by atoms with Gasteiger partial charge in [0.1, 0.15) is 18.2 Å². The molecule has 5 heteroatoms. The zero-order valence-corrected chi connectivity index (χ0v) is 18.7. The number of hydrogen-bond donors (Lipinski definition) is 0. The highest BCUT2D eigenvalue weighted by atomic mass is 19.1. The van der Waals surface area contributed by atoms with Gasteiger partial charge >= 0.3 is 0 Å². The first-order valence-electron chi connectivity index (χ1n) is 11.5. The lowest BCUT2D eigenvalue weighted by atomic mass is 10.00. The second-order valence-electron chi connectivity index (χ2n) is 9.17. The summed E-state index contributed by atoms with van der Waals surface area (Å²) in [5, 5.41) is 0. The molecule has 0 aliphatic carbocycles. The van der Waals surface area contributed by atoms with Gasteiger partial charge in [-0.05, 0) is 68.0 Å². The maximum Gasteiger partial charge on any atom is 0.222 e. The number of aryl methyl sites for hydroxylation is 2. The van der Waals surface area contributed by atoms with Crippen molar-refractivity contribution in [1.29, 1.82) is 0 Å². The van der Waals surface area contributed by atoms with Crippen molar-refractivity contribution >= 4 is 5.91 Å². The average Bonchev–Trinajstić information content (AvgIpc) is 3.16. The van der Waals surface area contributed by atoms with Gasteiger partial charge in [-0.3, -0.25) is 4.79 Å². The minimum atomic E-state index is -0.259. The van der Waals surface area contributed by atoms with Crippen LogP contribution in [-0.4, -0.2) is 28.5 Å². The summed E-state index contributed by atoms with van der Waals surface area (Å²) in [4.78, 5) is 14.9. The molecule has 1 aromatic heterocycles. The Bertz CT molecular complexity index is 1170. The van der Waals surface area contributed by atoms with Crippen molar-refractivity contribution in [2.45, 2.75) is 46.1 Å². The molecule has 0 bridgehead atoms. The molecule has 1 saturated heterocycles. The van der Waals surface area contributed by atoms with Crippen LogP contribution in [0.15, 0.2) is 48.5 Å². The van der Waals surface area contributed by atoms with Crippen molar-refractivity contribution in [3.8, 4) is 22.7 Å². The number of aromatic nitrogens is 1. The smallest absolute Gasteiger partial charge is 0.222 e. The summed E-state index contributed by atoms with van der Waals surface area (Å²) in [5.74, 6) is 1.28. The van der Waals surface area contributed by atoms with Crippen LogP contribution in [0.5, 0.6) is 5.75 Å². The number of rotatable bonds is 4. The van der Waals surface area contributed by atoms with E-state index in [9.17, 15) is 4.79 Å². The van der Waals surface area contributed by atoms with E-state index in [-0.39, 0.29) is 11.7 Å². The fraction of sp³-hybridized carbons (Fsp3) is 0.370. The molecule has 0 unspecified atom stereocenters. The van der Waals surface area contributed by atoms with Crippen LogP contribution in [-0.2, 0) is 17.8 Å². The van der Waals surface area contributed by atoms with Gasteiger partial charge in [0.2, 0.25) is 5.91 Å². The number of benzene rings is 2. The van der Waals surface area contributed by atoms with Gasteiger partial charge in [0.05, 0.1) is 11.4 Å². The van der Waals surface area contributed by atoms with Gasteiger partial charge in [0, 0.05) is 36.3 Å². The molecule has 0 saturated carbocycles. The van der Waals surface area contributed by atoms with E-state index < -0.39 is 0 Å². The zero-order chi connectivity index (χ0) is 22.2. The molecule has 4 nitrogen and oxygen atoms in total. The van der Waals surface area contributed by atoms with Gasteiger partial charge < -0.3 is 14.2 Å². The molecular formula is C27H29FN2O2. The second kappa shape index (κ2) is 8.45. The number of fused-ring (bicyclic) bond motifs is 3. The summed E-state index contributed by atoms with van der Waals surface area (Å²) in [6.45, 7) is 6.21. The van der Waals surface area contributed by atoms with Crippen molar-refractivity contribution in [3.05, 3.63) is 71.2 Å². The summed E-state index contributed by atoms with van der Waals surface area (Å²) in [7, 11) is 0. The van der Waals surface area contributed by atoms with Crippen molar-refractivity contribution in [1.82, 2.24) is 9.47 Å². The highest BCUT2D eigenvalue weighted by molar-refractivity contribution is 5.78. The number of halogens is 1. The van der Waals surface area contributed by atoms with Crippen LogP contribution in [0, 0.1) is 18.7 Å². The summed E-state index contributed by atoms with van der Waals surface area (Å²) in [6.07, 6.45) is 3.24. The average molecular weight is 433 g/mol. The topological polar surface area (TPSA) is 34.5 Å². The quantitative estimate of drug-likeness (QED) is 0.532. The lowest BCUT2D eigenvalue weighted by Gasteiger charge is -2.31. The van der Waals surface area contributed by atoms with Gasteiger partial charge in [-0.15, -0.1) is 0 Å². The molecule has 2 aromatic carbocycles. The number of likely N-dealkylation sites (tertiary alicyclic amines) is 1. The Balaban J connectivity index is 1.53. The Morgan fingerprint density at radius 2 is 2.03 bits per heavy atom. The van der Waals surface area contributed by atoms with Gasteiger partial charge in [0.25, 0.3) is 0 Å². The van der Waals surface area contributed by atoms with Crippen LogP contribution >= 0.6 is 0 Å². The Morgan fingerprint density at radius 1 is 1.19 bits per heavy atom. The predicted molar refractivity (Wildman–Crippen MR) is 124 cm³/mol. The fourth-order valence-corrected chi connectivity index (χ4v) is 5.03. The Kier molecular flexibility index (Phi) is 5.50. The molecule has 2 aliphatic heterocycles. The molecule has 3 heterocycles. The van der Waals surface area contributed by atoms with Gasteiger partial charge in [-0.2, -0.15) is 0 Å². The lowest BCUT2D eigenvalue weighted by Crippen LogP contribution is -2.39. The normalized spacial score (nSPS) is 17.5. The molecule has 5 rings (SSSR count). The molecule has 1 amide bonds. The predicted octanol–water partition coefficient (Wildman–Crippen LogP) is 5.68. The van der Waals surface area contributed by atoms with E-state index in [0.717, 1.165) is 53.3 Å². The Morgan fingerprint density at radius 3 is 2.84 bits per heavy atom. The van der Waals surface area contributed by atoms with Gasteiger partial charge in [-0.1, -0.05) is 25.1 Å². The molecule has 1 atom stereocenters. The van der Waals surface area contributed by atoms with Crippen molar-refractivity contribution in [3.63, 3.8) is 0 Å². The number of carbonyl (C=O) groups excluding carboxylic acids is 1. The van der Waals surface area contributed by atoms with E-state index >= 15 is 4.39 Å². The van der Waals surface area contributed by atoms with Crippen LogP contribution in [0.25, 0.3) is 16.9 Å². The van der Waals surface area contributed by atoms with Crippen LogP contribution < -0.4 is 4.74 Å². The van der Waals surface area contributed by atoms with Crippen LogP contribution in [0.1, 0.15) is 43.0 Å². The SMILES string of the molecule is Cc1ccc(-n2c(CCC(=O)N3CCC[C@H](C)C3)cc3c2-c2ccccc2OC3)c(F)c1. The number of amides is 1. The van der Waals surface area contributed by atoms with Crippen LogP contribution in [0.4, 0.5) is 4.39 Å². The molecule has 0 N–H and O–H groups in total. The highest BCUT2D eigenvalue weighted by Gasteiger charge is 2.27. The first-order valence-corrected chi connectivity index (χ1v) is 11.5. The molecule has 32 heavy (non-hydrogen) atoms. The molecule has 0 radical (unpaired) electrons. The third-order valence-corrected chi connectivity index (χ3v) is 6.63. The third kappa shape index (κ3) is 3.81. The molecule has 2 aliphatic rings. The van der Waals surface area contributed by atoms with Crippen molar-refractivity contribution in [2.75, 3.05) is 13.1 Å². The first kappa shape index (κ1) is 20.8. The molecule has 3 aromatic rings. The van der Waals surface area contributed by atoms with Gasteiger partial charge in [-0.25, -0.2) is 4.39 Å². The van der Waals surface area contributed by atoms with E-state index in [1.807, 2.05) is 52.8 Å². The van der Waals surface area contributed by atoms with E-state index in [1.54, 1.807) is 6.07 Å². The van der Waals surface area contributed by atoms with Gasteiger partial charge in [0.15, 0.2) is 0 Å². The maximum atomic E-state index is 15.1. The van der Waals surface area contributed by atoms with E-state index in [1.165, 1.54) is 6.42 Å². The summed E-state index contributed by atoms with van der Waals surface area (Å²) >= 11 is 0. The van der Waals surface area contributed by atoms with Crippen molar-refractivity contribution in [2.24, 2.45) is 5.92 Å². The van der Waals surface area contributed by atoms with Crippen LogP contribution in [0.3, 0.4) is 0 Å². The summed E-state index contributed by atoms with van der Waals surface area (Å²) in [6, 6.07) is 15.3. The standard InChI is InChI=1S/C27H29FN2O2/c1-18-9-11-24(23(28)14-18)30-21(10-12-26(31)29-13-5-6-19(2)16-29)15-20-17-32-25-8-4-3-7-22(25)27(20)30/h3-4,7-9,11,14-15,19H,5-6,10,12-13,16-17H2,1-2H3/t19-/m0/s1. The van der Waals surface area contributed by atoms with Crippen LogP contribution in [0.2, 0.25) is 0 Å². The molecule has 1 fully saturated rings. The largest absolute Gasteiger partial charge is 0.488 e. The highest BCUT2D eigenvalue weighted by Crippen LogP contribution is 2.41. The summed E-state index contributed by atoms with van der Waals surface area (Å²) < 4.78 is 23.1. The molecule has 166 valence electrons. The lowest BCUT2D eigenvalue weighted by molar-refractivity contribution is -0.132. The van der Waals surface area contributed by atoms with E-state index in [2.05, 4.69) is 13.0 Å². The van der Waals surface area contributed by atoms with Crippen molar-refractivity contribution < 1.29 is 13.9 Å². The summed E-state index contributed by atoms with van der Waals surface area (Å²) in [5.41, 5.74) is 5.28. The third-order valence-electron chi connectivity index (χ3n) is 6.63. The number of ether oxygens (including phenoxy) is 1. The molecule has 0 spiro atoms. The van der Waals surface area contributed by atoms with E-state index in [4.69, 9.17) is 4.74 Å². The fourth-order valence-electron chi connectivity index (χ4n) is 5.03. The number of para-hydroxylation sites is 1.